The lowest BCUT2D eigenvalue weighted by atomic mass is 9.95. The van der Waals surface area contributed by atoms with Gasteiger partial charge in [-0.15, -0.1) is 0 Å². The quantitative estimate of drug-likeness (QED) is 0.148. The van der Waals surface area contributed by atoms with Gasteiger partial charge in [-0.05, 0) is 95.5 Å². The molecule has 1 amide bonds. The molecule has 0 aliphatic heterocycles. The Morgan fingerprint density at radius 1 is 1.02 bits per heavy atom. The van der Waals surface area contributed by atoms with Crippen LogP contribution in [0.1, 0.15) is 39.0 Å². The van der Waals surface area contributed by atoms with Gasteiger partial charge in [-0.1, -0.05) is 36.4 Å². The Kier molecular flexibility index (Phi) is 11.1. The number of carbonyl (C=O) groups is 2. The Morgan fingerprint density at radius 2 is 1.74 bits per heavy atom. The fourth-order valence-electron chi connectivity index (χ4n) is 4.57. The monoisotopic (exact) mass is 589 g/mol. The average molecular weight is 590 g/mol. The Morgan fingerprint density at radius 3 is 2.38 bits per heavy atom. The van der Waals surface area contributed by atoms with Gasteiger partial charge in [0.25, 0.3) is 5.91 Å². The van der Waals surface area contributed by atoms with Crippen LogP contribution < -0.4 is 5.32 Å². The number of esters is 1. The van der Waals surface area contributed by atoms with Crippen LogP contribution in [0.5, 0.6) is 0 Å². The van der Waals surface area contributed by atoms with Crippen molar-refractivity contribution in [3.05, 3.63) is 125 Å². The first-order chi connectivity index (χ1) is 20.4. The highest BCUT2D eigenvalue weighted by atomic mass is 32.2. The van der Waals surface area contributed by atoms with E-state index in [1.54, 1.807) is 54.6 Å². The first-order valence-corrected chi connectivity index (χ1v) is 14.9. The predicted octanol–water partition coefficient (Wildman–Crippen LogP) is 6.21. The van der Waals surface area contributed by atoms with Crippen molar-refractivity contribution < 1.29 is 23.1 Å². The molecule has 0 aliphatic carbocycles. The van der Waals surface area contributed by atoms with E-state index in [0.717, 1.165) is 27.8 Å². The standard InChI is InChI=1S/C33H33F2N3O3S/c1-41-33(40)31(15-18-42-2)37-32(39)30-20-24(4-8-26(30)7-3-23-5-11-28(34)12-6-23)19-27(21-38-17-16-36-22-38)25-9-13-29(35)14-10-25/h4-6,8-14,16-17,19-20,22,31H,3,7,15,18,21H2,1-2H3,(H,37,39)/t31-/m0/s1. The third-order valence-electron chi connectivity index (χ3n) is 6.84. The first kappa shape index (κ1) is 30.7. The molecule has 0 saturated carbocycles. The van der Waals surface area contributed by atoms with Gasteiger partial charge in [0.1, 0.15) is 17.7 Å². The van der Waals surface area contributed by atoms with Gasteiger partial charge in [-0.2, -0.15) is 11.8 Å². The SMILES string of the molecule is COC(=O)[C@H](CCSC)NC(=O)c1cc(C=C(Cn2ccnc2)c2ccc(F)cc2)ccc1CCc1ccc(F)cc1. The van der Waals surface area contributed by atoms with Crippen molar-refractivity contribution in [3.63, 3.8) is 0 Å². The summed E-state index contributed by atoms with van der Waals surface area (Å²) in [6, 6.07) is 17.4. The molecule has 0 spiro atoms. The van der Waals surface area contributed by atoms with E-state index in [1.165, 1.54) is 31.4 Å². The van der Waals surface area contributed by atoms with Gasteiger partial charge < -0.3 is 14.6 Å². The average Bonchev–Trinajstić information content (AvgIpc) is 3.52. The fraction of sp³-hybridized carbons (Fsp3) is 0.242. The summed E-state index contributed by atoms with van der Waals surface area (Å²) in [6.45, 7) is 0.485. The number of allylic oxidation sites excluding steroid dienone is 1. The van der Waals surface area contributed by atoms with Crippen LogP contribution in [0.15, 0.2) is 85.5 Å². The van der Waals surface area contributed by atoms with Crippen LogP contribution in [-0.4, -0.2) is 46.6 Å². The Labute approximate surface area is 248 Å². The van der Waals surface area contributed by atoms with Crippen molar-refractivity contribution in [3.8, 4) is 0 Å². The summed E-state index contributed by atoms with van der Waals surface area (Å²) in [4.78, 5) is 30.2. The van der Waals surface area contributed by atoms with E-state index in [0.29, 0.717) is 37.1 Å². The van der Waals surface area contributed by atoms with Crippen LogP contribution >= 0.6 is 11.8 Å². The number of carbonyl (C=O) groups excluding carboxylic acids is 2. The Bertz CT molecular complexity index is 1500. The second-order valence-electron chi connectivity index (χ2n) is 9.79. The number of nitrogens with zero attached hydrogens (tertiary/aromatic N) is 2. The molecule has 0 fully saturated rings. The lowest BCUT2D eigenvalue weighted by Gasteiger charge is -2.18. The van der Waals surface area contributed by atoms with Crippen LogP contribution in [0.3, 0.4) is 0 Å². The highest BCUT2D eigenvalue weighted by molar-refractivity contribution is 7.98. The number of amides is 1. The van der Waals surface area contributed by atoms with Crippen LogP contribution in [0.4, 0.5) is 8.78 Å². The van der Waals surface area contributed by atoms with Gasteiger partial charge in [-0.3, -0.25) is 4.79 Å². The molecule has 218 valence electrons. The van der Waals surface area contributed by atoms with Crippen LogP contribution in [0.25, 0.3) is 11.6 Å². The van der Waals surface area contributed by atoms with Gasteiger partial charge in [0.15, 0.2) is 0 Å². The van der Waals surface area contributed by atoms with E-state index in [-0.39, 0.29) is 17.5 Å². The third-order valence-corrected chi connectivity index (χ3v) is 7.49. The molecule has 42 heavy (non-hydrogen) atoms. The maximum absolute atomic E-state index is 13.7. The number of thioether (sulfide) groups is 1. The first-order valence-electron chi connectivity index (χ1n) is 13.5. The molecule has 0 unspecified atom stereocenters. The number of hydrogen-bond donors (Lipinski definition) is 1. The number of halogens is 2. The molecule has 9 heteroatoms. The molecule has 3 aromatic carbocycles. The zero-order chi connectivity index (χ0) is 29.9. The van der Waals surface area contributed by atoms with E-state index in [1.807, 2.05) is 35.2 Å². The second kappa shape index (κ2) is 15.1. The highest BCUT2D eigenvalue weighted by Crippen LogP contribution is 2.24. The molecule has 1 atom stereocenters. The number of ether oxygens (including phenoxy) is 1. The fourth-order valence-corrected chi connectivity index (χ4v) is 5.04. The van der Waals surface area contributed by atoms with E-state index in [2.05, 4.69) is 10.3 Å². The molecule has 0 aliphatic rings. The van der Waals surface area contributed by atoms with Crippen molar-refractivity contribution in [2.75, 3.05) is 19.1 Å². The van der Waals surface area contributed by atoms with Crippen molar-refractivity contribution >= 4 is 35.3 Å². The Hall–Kier alpha value is -4.24. The summed E-state index contributed by atoms with van der Waals surface area (Å²) in [5.41, 5.74) is 4.66. The minimum absolute atomic E-state index is 0.304. The summed E-state index contributed by atoms with van der Waals surface area (Å²) < 4.78 is 33.9. The second-order valence-corrected chi connectivity index (χ2v) is 10.8. The van der Waals surface area contributed by atoms with Crippen LogP contribution in [0, 0.1) is 11.6 Å². The molecule has 1 N–H and O–H groups in total. The van der Waals surface area contributed by atoms with E-state index in [9.17, 15) is 18.4 Å². The number of hydrogen-bond acceptors (Lipinski definition) is 5. The van der Waals surface area contributed by atoms with E-state index in [4.69, 9.17) is 4.74 Å². The smallest absolute Gasteiger partial charge is 0.328 e. The number of benzene rings is 3. The van der Waals surface area contributed by atoms with Gasteiger partial charge in [0.05, 0.1) is 13.4 Å². The highest BCUT2D eigenvalue weighted by Gasteiger charge is 2.23. The summed E-state index contributed by atoms with van der Waals surface area (Å²) >= 11 is 1.58. The van der Waals surface area contributed by atoms with Gasteiger partial charge in [0, 0.05) is 24.5 Å². The molecular formula is C33H33F2N3O3S. The minimum Gasteiger partial charge on any atom is -0.467 e. The lowest BCUT2D eigenvalue weighted by Crippen LogP contribution is -2.42. The van der Waals surface area contributed by atoms with Crippen molar-refractivity contribution in [1.82, 2.24) is 14.9 Å². The van der Waals surface area contributed by atoms with Gasteiger partial charge in [0.2, 0.25) is 0 Å². The van der Waals surface area contributed by atoms with Crippen LogP contribution in [-0.2, 0) is 28.9 Å². The molecule has 6 nitrogen and oxygen atoms in total. The number of aromatic nitrogens is 2. The lowest BCUT2D eigenvalue weighted by molar-refractivity contribution is -0.142. The third kappa shape index (κ3) is 8.63. The zero-order valence-electron chi connectivity index (χ0n) is 23.6. The molecule has 0 radical (unpaired) electrons. The summed E-state index contributed by atoms with van der Waals surface area (Å²) in [5, 5.41) is 2.87. The number of methoxy groups -OCH3 is 1. The molecular weight excluding hydrogens is 556 g/mol. The van der Waals surface area contributed by atoms with E-state index < -0.39 is 12.0 Å². The largest absolute Gasteiger partial charge is 0.467 e. The molecule has 4 aromatic rings. The van der Waals surface area contributed by atoms with E-state index >= 15 is 0 Å². The Balaban J connectivity index is 1.70. The molecule has 0 bridgehead atoms. The maximum Gasteiger partial charge on any atom is 0.328 e. The maximum atomic E-state index is 13.7. The van der Waals surface area contributed by atoms with Crippen LogP contribution in [0.2, 0.25) is 0 Å². The minimum atomic E-state index is -0.782. The van der Waals surface area contributed by atoms with Crippen molar-refractivity contribution in [2.45, 2.75) is 31.8 Å². The number of imidazole rings is 1. The topological polar surface area (TPSA) is 73.2 Å². The number of rotatable bonds is 13. The number of aryl methyl sites for hydroxylation is 2. The summed E-state index contributed by atoms with van der Waals surface area (Å²) in [7, 11) is 1.30. The molecule has 4 rings (SSSR count). The zero-order valence-corrected chi connectivity index (χ0v) is 24.4. The molecule has 1 heterocycles. The van der Waals surface area contributed by atoms with Crippen molar-refractivity contribution in [1.29, 1.82) is 0 Å². The van der Waals surface area contributed by atoms with Crippen molar-refractivity contribution in [2.24, 2.45) is 0 Å². The number of nitrogens with one attached hydrogen (secondary N) is 1. The van der Waals surface area contributed by atoms with Gasteiger partial charge >= 0.3 is 5.97 Å². The molecule has 1 aromatic heterocycles. The molecule has 0 saturated heterocycles. The summed E-state index contributed by atoms with van der Waals surface area (Å²) in [5.74, 6) is -0.835. The summed E-state index contributed by atoms with van der Waals surface area (Å²) in [6.07, 6.45) is 10.7. The normalized spacial score (nSPS) is 12.1. The van der Waals surface area contributed by atoms with Gasteiger partial charge in [-0.25, -0.2) is 18.6 Å². The predicted molar refractivity (Wildman–Crippen MR) is 163 cm³/mol.